The zero-order chi connectivity index (χ0) is 12.8. The summed E-state index contributed by atoms with van der Waals surface area (Å²) in [7, 11) is 0. The van der Waals surface area contributed by atoms with Gasteiger partial charge in [-0.15, -0.1) is 0 Å². The maximum atomic E-state index is 4.73. The van der Waals surface area contributed by atoms with Gasteiger partial charge in [-0.3, -0.25) is 0 Å². The molecular weight excluding hydrogens is 238 g/mol. The predicted molar refractivity (Wildman–Crippen MR) is 83.5 cm³/mol. The molecule has 0 atom stereocenters. The van der Waals surface area contributed by atoms with Crippen LogP contribution < -0.4 is 0 Å². The minimum absolute atomic E-state index is 0.526. The highest BCUT2D eigenvalue weighted by Gasteiger charge is 2.33. The van der Waals surface area contributed by atoms with Gasteiger partial charge < -0.3 is 4.90 Å². The SMILES string of the molecule is CCN(CC1(CS)CCCCCC1)C1CCCC1. The molecule has 18 heavy (non-hydrogen) atoms. The maximum Gasteiger partial charge on any atom is 0.00953 e. The Labute approximate surface area is 119 Å². The molecule has 1 nitrogen and oxygen atoms in total. The van der Waals surface area contributed by atoms with Crippen molar-refractivity contribution in [1.82, 2.24) is 4.90 Å². The van der Waals surface area contributed by atoms with Gasteiger partial charge >= 0.3 is 0 Å². The molecule has 0 saturated heterocycles. The van der Waals surface area contributed by atoms with Gasteiger partial charge in [-0.2, -0.15) is 12.6 Å². The van der Waals surface area contributed by atoms with Gasteiger partial charge in [0.25, 0.3) is 0 Å². The molecule has 0 aliphatic heterocycles. The van der Waals surface area contributed by atoms with Crippen LogP contribution in [0.1, 0.15) is 71.1 Å². The summed E-state index contributed by atoms with van der Waals surface area (Å²) in [5, 5.41) is 0. The second-order valence-electron chi connectivity index (χ2n) is 6.57. The standard InChI is InChI=1S/C16H31NS/c1-2-17(15-9-5-6-10-15)13-16(14-18)11-7-3-4-8-12-16/h15,18H,2-14H2,1H3. The average Bonchev–Trinajstić information content (AvgIpc) is 2.83. The van der Waals surface area contributed by atoms with Gasteiger partial charge in [0.1, 0.15) is 0 Å². The fourth-order valence-electron chi connectivity index (χ4n) is 4.04. The molecule has 2 aliphatic rings. The van der Waals surface area contributed by atoms with Crippen molar-refractivity contribution in [3.05, 3.63) is 0 Å². The lowest BCUT2D eigenvalue weighted by atomic mass is 9.81. The average molecular weight is 269 g/mol. The van der Waals surface area contributed by atoms with E-state index in [0.29, 0.717) is 5.41 Å². The molecule has 2 saturated carbocycles. The third-order valence-electron chi connectivity index (χ3n) is 5.29. The zero-order valence-electron chi connectivity index (χ0n) is 12.2. The molecule has 0 unspecified atom stereocenters. The molecule has 0 aromatic carbocycles. The first-order valence-corrected chi connectivity index (χ1v) is 8.78. The Kier molecular flexibility index (Phi) is 5.88. The molecule has 0 N–H and O–H groups in total. The van der Waals surface area contributed by atoms with Crippen LogP contribution in [-0.4, -0.2) is 29.8 Å². The summed E-state index contributed by atoms with van der Waals surface area (Å²) < 4.78 is 0. The van der Waals surface area contributed by atoms with Gasteiger partial charge in [0.05, 0.1) is 0 Å². The molecule has 0 bridgehead atoms. The lowest BCUT2D eigenvalue weighted by Crippen LogP contribution is -2.43. The van der Waals surface area contributed by atoms with Crippen LogP contribution in [0.5, 0.6) is 0 Å². The highest BCUT2D eigenvalue weighted by molar-refractivity contribution is 7.80. The normalized spacial score (nSPS) is 25.5. The van der Waals surface area contributed by atoms with E-state index in [-0.39, 0.29) is 0 Å². The summed E-state index contributed by atoms with van der Waals surface area (Å²) in [5.41, 5.74) is 0.526. The number of thiol groups is 1. The quantitative estimate of drug-likeness (QED) is 0.567. The molecule has 2 aliphatic carbocycles. The molecule has 2 heteroatoms. The third kappa shape index (κ3) is 3.66. The topological polar surface area (TPSA) is 3.24 Å². The smallest absolute Gasteiger partial charge is 0.00953 e. The van der Waals surface area contributed by atoms with Crippen LogP contribution in [0.25, 0.3) is 0 Å². The van der Waals surface area contributed by atoms with Crippen molar-refractivity contribution >= 4 is 12.6 Å². The molecule has 0 aromatic heterocycles. The Morgan fingerprint density at radius 3 is 2.11 bits per heavy atom. The Morgan fingerprint density at radius 1 is 1.00 bits per heavy atom. The molecule has 0 heterocycles. The van der Waals surface area contributed by atoms with E-state index in [0.717, 1.165) is 11.8 Å². The Morgan fingerprint density at radius 2 is 1.61 bits per heavy atom. The van der Waals surface area contributed by atoms with Gasteiger partial charge in [-0.1, -0.05) is 45.4 Å². The van der Waals surface area contributed by atoms with Gasteiger partial charge in [-0.25, -0.2) is 0 Å². The highest BCUT2D eigenvalue weighted by atomic mass is 32.1. The minimum atomic E-state index is 0.526. The first-order valence-electron chi connectivity index (χ1n) is 8.14. The first kappa shape index (κ1) is 14.7. The summed E-state index contributed by atoms with van der Waals surface area (Å²) in [4.78, 5) is 2.79. The first-order chi connectivity index (χ1) is 8.79. The molecule has 2 fully saturated rings. The fourth-order valence-corrected chi connectivity index (χ4v) is 4.46. The van der Waals surface area contributed by atoms with Crippen LogP contribution in [0.15, 0.2) is 0 Å². The van der Waals surface area contributed by atoms with E-state index < -0.39 is 0 Å². The van der Waals surface area contributed by atoms with E-state index >= 15 is 0 Å². The number of hydrogen-bond acceptors (Lipinski definition) is 2. The van der Waals surface area contributed by atoms with Crippen molar-refractivity contribution in [1.29, 1.82) is 0 Å². The molecule has 2 rings (SSSR count). The van der Waals surface area contributed by atoms with Crippen molar-refractivity contribution in [3.8, 4) is 0 Å². The molecule has 0 amide bonds. The van der Waals surface area contributed by atoms with Crippen LogP contribution in [-0.2, 0) is 0 Å². The second kappa shape index (κ2) is 7.19. The minimum Gasteiger partial charge on any atom is -0.300 e. The summed E-state index contributed by atoms with van der Waals surface area (Å²) in [5.74, 6) is 1.09. The lowest BCUT2D eigenvalue weighted by molar-refractivity contribution is 0.116. The lowest BCUT2D eigenvalue weighted by Gasteiger charge is -2.39. The van der Waals surface area contributed by atoms with E-state index in [1.54, 1.807) is 0 Å². The highest BCUT2D eigenvalue weighted by Crippen LogP contribution is 2.38. The van der Waals surface area contributed by atoms with Gasteiger partial charge in [0.15, 0.2) is 0 Å². The van der Waals surface area contributed by atoms with Crippen LogP contribution >= 0.6 is 12.6 Å². The molecule has 0 aromatic rings. The van der Waals surface area contributed by atoms with E-state index in [9.17, 15) is 0 Å². The molecule has 0 radical (unpaired) electrons. The van der Waals surface area contributed by atoms with Crippen molar-refractivity contribution in [2.24, 2.45) is 5.41 Å². The van der Waals surface area contributed by atoms with Crippen LogP contribution in [0.3, 0.4) is 0 Å². The Balaban J connectivity index is 1.97. The maximum absolute atomic E-state index is 4.73. The summed E-state index contributed by atoms with van der Waals surface area (Å²) in [6.07, 6.45) is 14.4. The van der Waals surface area contributed by atoms with Crippen LogP contribution in [0.4, 0.5) is 0 Å². The van der Waals surface area contributed by atoms with E-state index in [1.807, 2.05) is 0 Å². The molecular formula is C16H31NS. The van der Waals surface area contributed by atoms with Gasteiger partial charge in [0.2, 0.25) is 0 Å². The third-order valence-corrected chi connectivity index (χ3v) is 5.96. The number of hydrogen-bond donors (Lipinski definition) is 1. The van der Waals surface area contributed by atoms with E-state index in [1.165, 1.54) is 77.3 Å². The van der Waals surface area contributed by atoms with E-state index in [4.69, 9.17) is 12.6 Å². The fraction of sp³-hybridized carbons (Fsp3) is 1.00. The van der Waals surface area contributed by atoms with Crippen LogP contribution in [0.2, 0.25) is 0 Å². The summed E-state index contributed by atoms with van der Waals surface area (Å²) in [6.45, 7) is 4.90. The number of rotatable bonds is 5. The Hall–Kier alpha value is 0.310. The van der Waals surface area contributed by atoms with Gasteiger partial charge in [-0.05, 0) is 43.4 Å². The van der Waals surface area contributed by atoms with Crippen molar-refractivity contribution in [2.75, 3.05) is 18.8 Å². The zero-order valence-corrected chi connectivity index (χ0v) is 13.1. The monoisotopic (exact) mass is 269 g/mol. The van der Waals surface area contributed by atoms with Crippen molar-refractivity contribution < 1.29 is 0 Å². The van der Waals surface area contributed by atoms with Crippen LogP contribution in [0, 0.1) is 5.41 Å². The second-order valence-corrected chi connectivity index (χ2v) is 6.89. The van der Waals surface area contributed by atoms with Crippen molar-refractivity contribution in [3.63, 3.8) is 0 Å². The largest absolute Gasteiger partial charge is 0.300 e. The summed E-state index contributed by atoms with van der Waals surface area (Å²) in [6, 6.07) is 0.884. The van der Waals surface area contributed by atoms with E-state index in [2.05, 4.69) is 11.8 Å². The molecule has 0 spiro atoms. The Bertz CT molecular complexity index is 227. The predicted octanol–water partition coefficient (Wildman–Crippen LogP) is 4.52. The molecule has 106 valence electrons. The number of nitrogens with zero attached hydrogens (tertiary/aromatic N) is 1. The van der Waals surface area contributed by atoms with Gasteiger partial charge in [0, 0.05) is 12.6 Å². The summed E-state index contributed by atoms with van der Waals surface area (Å²) >= 11 is 4.73. The van der Waals surface area contributed by atoms with Crippen molar-refractivity contribution in [2.45, 2.75) is 77.2 Å².